The number of rotatable bonds is 5. The van der Waals surface area contributed by atoms with E-state index >= 15 is 0 Å². The molecule has 10 heteroatoms. The van der Waals surface area contributed by atoms with Crippen molar-refractivity contribution in [2.75, 3.05) is 27.1 Å². The van der Waals surface area contributed by atoms with Crippen molar-refractivity contribution >= 4 is 28.6 Å². The van der Waals surface area contributed by atoms with Gasteiger partial charge < -0.3 is 19.9 Å². The van der Waals surface area contributed by atoms with E-state index in [9.17, 15) is 0 Å². The van der Waals surface area contributed by atoms with Crippen LogP contribution < -0.4 is 19.9 Å². The Kier molecular flexibility index (Phi) is 4.26. The normalized spacial score (nSPS) is 10.8. The zero-order valence-corrected chi connectivity index (χ0v) is 14.0. The van der Waals surface area contributed by atoms with E-state index in [1.54, 1.807) is 17.1 Å². The molecular weight excluding hydrogens is 336 g/mol. The second-order valence-corrected chi connectivity index (χ2v) is 5.11. The minimum atomic E-state index is 0.0708. The fourth-order valence-electron chi connectivity index (χ4n) is 2.35. The van der Waals surface area contributed by atoms with Crippen molar-refractivity contribution in [3.05, 3.63) is 23.2 Å². The summed E-state index contributed by atoms with van der Waals surface area (Å²) in [7, 11) is 4.59. The number of nitrogens with zero attached hydrogens (tertiary/aromatic N) is 5. The number of hydrogen-bond donors (Lipinski definition) is 1. The molecule has 0 radical (unpaired) electrons. The van der Waals surface area contributed by atoms with Gasteiger partial charge in [-0.1, -0.05) is 11.6 Å². The Balaban J connectivity index is 2.09. The summed E-state index contributed by atoms with van der Waals surface area (Å²) in [5.41, 5.74) is 6.76. The second-order valence-electron chi connectivity index (χ2n) is 4.75. The first-order valence-corrected chi connectivity index (χ1v) is 7.25. The molecule has 0 amide bonds. The third kappa shape index (κ3) is 2.62. The molecule has 0 fully saturated rings. The smallest absolute Gasteiger partial charge is 0.223 e. The lowest BCUT2D eigenvalue weighted by molar-refractivity contribution is 0.318. The highest BCUT2D eigenvalue weighted by Gasteiger charge is 2.19. The number of aromatic nitrogens is 5. The van der Waals surface area contributed by atoms with Gasteiger partial charge in [-0.15, -0.1) is 0 Å². The fraction of sp³-hybridized carbons (Fsp3) is 0.286. The third-order valence-electron chi connectivity index (χ3n) is 3.42. The predicted octanol–water partition coefficient (Wildman–Crippen LogP) is 1.53. The van der Waals surface area contributed by atoms with E-state index in [-0.39, 0.29) is 17.6 Å². The Morgan fingerprint density at radius 3 is 2.50 bits per heavy atom. The van der Waals surface area contributed by atoms with Crippen LogP contribution in [0.25, 0.3) is 11.0 Å². The van der Waals surface area contributed by atoms with Crippen molar-refractivity contribution in [3.8, 4) is 17.2 Å². The number of anilines is 1. The van der Waals surface area contributed by atoms with Gasteiger partial charge in [0, 0.05) is 0 Å². The lowest BCUT2D eigenvalue weighted by Crippen LogP contribution is -2.08. The first-order chi connectivity index (χ1) is 11.6. The Bertz CT molecular complexity index is 898. The molecule has 0 saturated carbocycles. The van der Waals surface area contributed by atoms with Gasteiger partial charge in [0.25, 0.3) is 0 Å². The topological polar surface area (TPSA) is 110 Å². The zero-order valence-electron chi connectivity index (χ0n) is 13.3. The van der Waals surface area contributed by atoms with E-state index in [4.69, 9.17) is 31.5 Å². The summed E-state index contributed by atoms with van der Waals surface area (Å²) in [6.07, 6.45) is 3.13. The van der Waals surface area contributed by atoms with Crippen LogP contribution in [0.5, 0.6) is 17.2 Å². The molecule has 0 unspecified atom stereocenters. The number of nitrogens with two attached hydrogens (primary N) is 1. The molecule has 9 nitrogen and oxygen atoms in total. The van der Waals surface area contributed by atoms with E-state index in [2.05, 4.69) is 20.1 Å². The van der Waals surface area contributed by atoms with Crippen LogP contribution in [0.4, 0.5) is 5.95 Å². The summed E-state index contributed by atoms with van der Waals surface area (Å²) in [5.74, 6) is 1.45. The lowest BCUT2D eigenvalue weighted by Gasteiger charge is -2.15. The number of ether oxygens (including phenoxy) is 3. The van der Waals surface area contributed by atoms with Gasteiger partial charge in [-0.3, -0.25) is 4.98 Å². The largest absolute Gasteiger partial charge is 0.491 e. The number of methoxy groups -OCH3 is 3. The maximum atomic E-state index is 6.06. The molecule has 2 N–H and O–H groups in total. The fourth-order valence-corrected chi connectivity index (χ4v) is 2.57. The van der Waals surface area contributed by atoms with Crippen molar-refractivity contribution in [2.45, 2.75) is 6.54 Å². The number of pyridine rings is 1. The molecule has 3 aromatic rings. The van der Waals surface area contributed by atoms with Gasteiger partial charge in [-0.2, -0.15) is 10.1 Å². The molecule has 3 aromatic heterocycles. The van der Waals surface area contributed by atoms with Gasteiger partial charge in [-0.25, -0.2) is 9.67 Å². The zero-order chi connectivity index (χ0) is 17.3. The second kappa shape index (κ2) is 6.36. The molecule has 0 aromatic carbocycles. The van der Waals surface area contributed by atoms with Gasteiger partial charge in [-0.05, 0) is 0 Å². The van der Waals surface area contributed by atoms with Gasteiger partial charge in [0.1, 0.15) is 10.8 Å². The molecule has 0 spiro atoms. The molecule has 3 rings (SSSR count). The highest BCUT2D eigenvalue weighted by atomic mass is 35.5. The molecule has 3 heterocycles. The summed E-state index contributed by atoms with van der Waals surface area (Å²) in [6, 6.07) is 0. The Labute approximate surface area is 142 Å². The van der Waals surface area contributed by atoms with Gasteiger partial charge >= 0.3 is 0 Å². The molecule has 0 saturated heterocycles. The highest BCUT2D eigenvalue weighted by molar-refractivity contribution is 6.34. The van der Waals surface area contributed by atoms with Gasteiger partial charge in [0.05, 0.1) is 45.7 Å². The summed E-state index contributed by atoms with van der Waals surface area (Å²) < 4.78 is 17.6. The minimum absolute atomic E-state index is 0.0708. The SMILES string of the molecule is COc1cnc(Cn2ncc3c(Cl)nc(N)nc32)c(OC)c1OC. The molecule has 0 aliphatic carbocycles. The third-order valence-corrected chi connectivity index (χ3v) is 3.71. The molecule has 0 bridgehead atoms. The Morgan fingerprint density at radius 1 is 1.08 bits per heavy atom. The Morgan fingerprint density at radius 2 is 1.83 bits per heavy atom. The number of fused-ring (bicyclic) bond motifs is 1. The van der Waals surface area contributed by atoms with E-state index in [0.29, 0.717) is 34.0 Å². The van der Waals surface area contributed by atoms with Crippen LogP contribution in [-0.4, -0.2) is 46.1 Å². The van der Waals surface area contributed by atoms with E-state index in [1.165, 1.54) is 21.3 Å². The van der Waals surface area contributed by atoms with Gasteiger partial charge in [0.2, 0.25) is 11.7 Å². The molecule has 126 valence electrons. The first kappa shape index (κ1) is 16.1. The van der Waals surface area contributed by atoms with Crippen LogP contribution in [0.2, 0.25) is 5.15 Å². The van der Waals surface area contributed by atoms with E-state index in [0.717, 1.165) is 0 Å². The summed E-state index contributed by atoms with van der Waals surface area (Å²) in [4.78, 5) is 12.4. The number of hydrogen-bond acceptors (Lipinski definition) is 8. The van der Waals surface area contributed by atoms with Crippen LogP contribution in [0.3, 0.4) is 0 Å². The van der Waals surface area contributed by atoms with Crippen LogP contribution in [0, 0.1) is 0 Å². The van der Waals surface area contributed by atoms with E-state index in [1.807, 2.05) is 0 Å². The van der Waals surface area contributed by atoms with E-state index < -0.39 is 0 Å². The molecular formula is C14H15ClN6O3. The summed E-state index contributed by atoms with van der Waals surface area (Å²) >= 11 is 6.06. The number of nitrogen functional groups attached to an aromatic ring is 1. The quantitative estimate of drug-likeness (QED) is 0.690. The first-order valence-electron chi connectivity index (χ1n) is 6.87. The minimum Gasteiger partial charge on any atom is -0.491 e. The summed E-state index contributed by atoms with van der Waals surface area (Å²) in [6.45, 7) is 0.278. The molecule has 0 aliphatic rings. The van der Waals surface area contributed by atoms with Crippen molar-refractivity contribution in [1.29, 1.82) is 0 Å². The van der Waals surface area contributed by atoms with Crippen molar-refractivity contribution in [3.63, 3.8) is 0 Å². The molecule has 0 aliphatic heterocycles. The lowest BCUT2D eigenvalue weighted by atomic mass is 10.3. The molecule has 24 heavy (non-hydrogen) atoms. The Hall–Kier alpha value is -2.81. The number of halogens is 1. The average molecular weight is 351 g/mol. The van der Waals surface area contributed by atoms with Crippen LogP contribution in [0.15, 0.2) is 12.4 Å². The van der Waals surface area contributed by atoms with Gasteiger partial charge in [0.15, 0.2) is 17.1 Å². The van der Waals surface area contributed by atoms with Crippen LogP contribution in [-0.2, 0) is 6.54 Å². The maximum absolute atomic E-state index is 6.06. The maximum Gasteiger partial charge on any atom is 0.223 e. The standard InChI is InChI=1S/C14H15ClN6O3/c1-22-9-5-17-8(10(23-2)11(9)24-3)6-21-13-7(4-18-21)12(15)19-14(16)20-13/h4-5H,6H2,1-3H3,(H2,16,19,20). The van der Waals surface area contributed by atoms with Crippen molar-refractivity contribution in [2.24, 2.45) is 0 Å². The predicted molar refractivity (Wildman–Crippen MR) is 87.7 cm³/mol. The summed E-state index contributed by atoms with van der Waals surface area (Å²) in [5, 5.41) is 5.12. The monoisotopic (exact) mass is 350 g/mol. The van der Waals surface area contributed by atoms with Crippen molar-refractivity contribution < 1.29 is 14.2 Å². The van der Waals surface area contributed by atoms with Crippen LogP contribution in [0.1, 0.15) is 5.69 Å². The van der Waals surface area contributed by atoms with Crippen molar-refractivity contribution in [1.82, 2.24) is 24.7 Å². The van der Waals surface area contributed by atoms with Crippen LogP contribution >= 0.6 is 11.6 Å². The molecule has 0 atom stereocenters. The average Bonchev–Trinajstić information content (AvgIpc) is 2.97. The highest BCUT2D eigenvalue weighted by Crippen LogP contribution is 2.38.